The number of nitrogens with zero attached hydrogens (tertiary/aromatic N) is 2. The molecule has 6 heteroatoms. The van der Waals surface area contributed by atoms with Gasteiger partial charge in [0.1, 0.15) is 22.3 Å². The maximum Gasteiger partial charge on any atom is 0.282 e. The first-order chi connectivity index (χ1) is 40.9. The summed E-state index contributed by atoms with van der Waals surface area (Å²) in [5.74, 6) is 3.94. The number of fused-ring (bicyclic) bond motifs is 22. The van der Waals surface area contributed by atoms with Gasteiger partial charge in [-0.15, -0.1) is 0 Å². The van der Waals surface area contributed by atoms with Crippen LogP contribution in [0.2, 0.25) is 0 Å². The van der Waals surface area contributed by atoms with Crippen molar-refractivity contribution < 1.29 is 8.83 Å². The van der Waals surface area contributed by atoms with Crippen LogP contribution in [0.25, 0.3) is 132 Å². The first-order valence-electron chi connectivity index (χ1n) is 30.9. The van der Waals surface area contributed by atoms with E-state index in [1.807, 2.05) is 0 Å². The smallest absolute Gasteiger partial charge is 0.282 e. The van der Waals surface area contributed by atoms with E-state index in [-0.39, 0.29) is 23.0 Å². The predicted molar refractivity (Wildman–Crippen MR) is 334 cm³/mol. The molecule has 1 spiro atoms. The van der Waals surface area contributed by atoms with Crippen LogP contribution in [0.1, 0.15) is 110 Å². The average Bonchev–Trinajstić information content (AvgIpc) is 1.56. The molecule has 4 heterocycles. The summed E-state index contributed by atoms with van der Waals surface area (Å²) in [4.78, 5) is 32.8. The van der Waals surface area contributed by atoms with Gasteiger partial charge in [0.15, 0.2) is 0 Å². The van der Waals surface area contributed by atoms with Crippen molar-refractivity contribution in [3.8, 4) is 44.5 Å². The molecule has 7 unspecified atom stereocenters. The molecule has 22 rings (SSSR count). The largest absolute Gasteiger partial charge is 0.456 e. The van der Waals surface area contributed by atoms with Crippen molar-refractivity contribution >= 4 is 87.2 Å². The molecule has 10 aromatic carbocycles. The Bertz CT molecular complexity index is 5400. The van der Waals surface area contributed by atoms with Crippen LogP contribution >= 0.6 is 0 Å². The quantitative estimate of drug-likeness (QED) is 0.176. The van der Waals surface area contributed by atoms with Crippen LogP contribution in [0.3, 0.4) is 0 Å². The molecule has 5 saturated carbocycles. The van der Waals surface area contributed by atoms with E-state index in [9.17, 15) is 0 Å². The van der Waals surface area contributed by atoms with Crippen molar-refractivity contribution in [2.45, 2.75) is 87.9 Å². The SMILES string of the molecule is O=c1c2c3c(c4cc(-c5c(-c6ccccc6)ccc6oc7ccccc7c56)ccc4c2n2c4c(c5c(c6cc(-c7c(-c8ccccc8)ccc8oc9ccccc9c78)ccc64)C4CC6CC7CC5CC67C4)c(=O)n12)C1CC2CC(C1)CC3C2. The van der Waals surface area contributed by atoms with Gasteiger partial charge in [-0.1, -0.05) is 133 Å². The number of rotatable bonds is 4. The Morgan fingerprint density at radius 3 is 1.34 bits per heavy atom. The number of furan rings is 2. The van der Waals surface area contributed by atoms with Gasteiger partial charge in [0.2, 0.25) is 0 Å². The van der Waals surface area contributed by atoms with Crippen molar-refractivity contribution in [3.05, 3.63) is 213 Å². The standard InChI is InChI=1S/C77H56N2O4/c80-75-71-67-46-30-39-27-40(31-46)29-45(28-39)65(67)57-34-43(63-51(41-11-3-1-4-12-41)23-25-61-69(63)55-15-7-9-17-59(55)82-61)19-21-53(57)73(71)78-74-54-22-20-44(64-52(42-13-5-2-6-14-42)24-26-62-70(64)56-16-8-10-18-60(56)83-62)35-58(54)66-47-32-49-36-50-33-48(38-77(49,50)37-47)68(66)72(74)76(81)79(75)78/h1-26,34-35,39-40,45-50H,27-33,36-38H2. The minimum absolute atomic E-state index is 0.125. The van der Waals surface area contributed by atoms with E-state index in [2.05, 4.69) is 174 Å². The minimum Gasteiger partial charge on any atom is -0.456 e. The molecule has 7 atom stereocenters. The molecule has 14 aromatic rings. The van der Waals surface area contributed by atoms with E-state index in [0.717, 1.165) is 160 Å². The van der Waals surface area contributed by atoms with Crippen LogP contribution in [0, 0.1) is 29.1 Å². The lowest BCUT2D eigenvalue weighted by molar-refractivity contribution is 0.00322. The van der Waals surface area contributed by atoms with Gasteiger partial charge in [-0.25, -0.2) is 4.52 Å². The molecular formula is C77H56N2O4. The van der Waals surface area contributed by atoms with Crippen LogP contribution in [0.15, 0.2) is 188 Å². The van der Waals surface area contributed by atoms with Crippen LogP contribution in [0.5, 0.6) is 0 Å². The number of aromatic nitrogens is 2. The van der Waals surface area contributed by atoms with Crippen LogP contribution in [-0.4, -0.2) is 9.03 Å². The van der Waals surface area contributed by atoms with Gasteiger partial charge in [0.25, 0.3) is 11.1 Å². The lowest BCUT2D eigenvalue weighted by atomic mass is 9.56. The first-order valence-corrected chi connectivity index (χ1v) is 30.9. The molecule has 398 valence electrons. The monoisotopic (exact) mass is 1070 g/mol. The molecule has 0 amide bonds. The Kier molecular flexibility index (Phi) is 8.36. The third-order valence-corrected chi connectivity index (χ3v) is 23.3. The van der Waals surface area contributed by atoms with Gasteiger partial charge in [-0.2, -0.15) is 4.52 Å². The highest BCUT2D eigenvalue weighted by Crippen LogP contribution is 2.77. The fourth-order valence-corrected chi connectivity index (χ4v) is 20.6. The third kappa shape index (κ3) is 5.53. The average molecular weight is 1070 g/mol. The van der Waals surface area contributed by atoms with E-state index < -0.39 is 0 Å². The molecule has 0 radical (unpaired) electrons. The lowest BCUT2D eigenvalue weighted by Gasteiger charge is -2.48. The van der Waals surface area contributed by atoms with Crippen molar-refractivity contribution in [1.82, 2.24) is 9.03 Å². The second-order valence-electron chi connectivity index (χ2n) is 26.9. The zero-order valence-corrected chi connectivity index (χ0v) is 45.9. The Hall–Kier alpha value is -8.74. The summed E-state index contributed by atoms with van der Waals surface area (Å²) in [7, 11) is 0. The topological polar surface area (TPSA) is 69.2 Å². The minimum atomic E-state index is -0.129. The highest BCUT2D eigenvalue weighted by atomic mass is 16.3. The maximum absolute atomic E-state index is 16.4. The van der Waals surface area contributed by atoms with E-state index in [0.29, 0.717) is 35.0 Å². The highest BCUT2D eigenvalue weighted by Gasteiger charge is 2.66. The highest BCUT2D eigenvalue weighted by molar-refractivity contribution is 6.21. The molecule has 4 aromatic heterocycles. The van der Waals surface area contributed by atoms with Crippen LogP contribution in [-0.2, 0) is 0 Å². The normalized spacial score (nSPS) is 25.5. The number of hydrogen-bond acceptors (Lipinski definition) is 4. The summed E-state index contributed by atoms with van der Waals surface area (Å²) in [6, 6.07) is 61.7. The molecular weight excluding hydrogens is 1020 g/mol. The zero-order valence-electron chi connectivity index (χ0n) is 45.9. The molecule has 0 N–H and O–H groups in total. The molecule has 0 saturated heterocycles. The second-order valence-corrected chi connectivity index (χ2v) is 26.9. The van der Waals surface area contributed by atoms with Gasteiger partial charge >= 0.3 is 0 Å². The number of para-hydroxylation sites is 2. The molecule has 5 fully saturated rings. The Morgan fingerprint density at radius 1 is 0.349 bits per heavy atom. The predicted octanol–water partition coefficient (Wildman–Crippen LogP) is 19.1. The number of hydrogen-bond donors (Lipinski definition) is 0. The summed E-state index contributed by atoms with van der Waals surface area (Å²) in [6.45, 7) is 0. The van der Waals surface area contributed by atoms with Gasteiger partial charge in [-0.05, 0) is 220 Å². The van der Waals surface area contributed by atoms with E-state index in [1.165, 1.54) is 64.3 Å². The first kappa shape index (κ1) is 44.9. The molecule has 0 aliphatic heterocycles. The lowest BCUT2D eigenvalue weighted by Crippen LogP contribution is -2.41. The molecule has 83 heavy (non-hydrogen) atoms. The van der Waals surface area contributed by atoms with Gasteiger partial charge in [0, 0.05) is 43.4 Å². The van der Waals surface area contributed by atoms with Gasteiger partial charge < -0.3 is 8.83 Å². The summed E-state index contributed by atoms with van der Waals surface area (Å²) in [5, 5.41) is 10.6. The summed E-state index contributed by atoms with van der Waals surface area (Å²) in [5.41, 5.74) is 20.0. The van der Waals surface area contributed by atoms with E-state index >= 15 is 9.59 Å². The summed E-state index contributed by atoms with van der Waals surface area (Å²) < 4.78 is 17.2. The van der Waals surface area contributed by atoms with E-state index in [1.54, 1.807) is 4.52 Å². The summed E-state index contributed by atoms with van der Waals surface area (Å²) >= 11 is 0. The van der Waals surface area contributed by atoms with Crippen molar-refractivity contribution in [2.24, 2.45) is 29.1 Å². The summed E-state index contributed by atoms with van der Waals surface area (Å²) in [6.07, 6.45) is 11.7. The number of benzene rings is 10. The van der Waals surface area contributed by atoms with Crippen LogP contribution in [0.4, 0.5) is 0 Å². The fraction of sp³-hybridized carbons (Fsp3) is 0.247. The van der Waals surface area contributed by atoms with Gasteiger partial charge in [-0.3, -0.25) is 9.59 Å². The van der Waals surface area contributed by atoms with Crippen molar-refractivity contribution in [3.63, 3.8) is 0 Å². The van der Waals surface area contributed by atoms with Gasteiger partial charge in [0.05, 0.1) is 21.8 Å². The Balaban J connectivity index is 0.917. The van der Waals surface area contributed by atoms with Crippen molar-refractivity contribution in [2.75, 3.05) is 0 Å². The van der Waals surface area contributed by atoms with E-state index in [4.69, 9.17) is 8.83 Å². The van der Waals surface area contributed by atoms with Crippen molar-refractivity contribution in [1.29, 1.82) is 0 Å². The van der Waals surface area contributed by atoms with Crippen LogP contribution < -0.4 is 11.1 Å². The molecule has 6 nitrogen and oxygen atoms in total. The third-order valence-electron chi connectivity index (χ3n) is 23.3. The molecule has 8 aliphatic rings. The fourth-order valence-electron chi connectivity index (χ4n) is 20.6. The zero-order chi connectivity index (χ0) is 53.9. The molecule has 7 bridgehead atoms. The Morgan fingerprint density at radius 2 is 0.807 bits per heavy atom. The molecule has 8 aliphatic carbocycles. The second kappa shape index (κ2) is 15.5. The maximum atomic E-state index is 16.4. The Labute approximate surface area is 476 Å².